The normalized spacial score (nSPS) is 10.7. The fourth-order valence-electron chi connectivity index (χ4n) is 2.52. The molecule has 134 valence electrons. The molecule has 0 atom stereocenters. The van der Waals surface area contributed by atoms with Crippen molar-refractivity contribution in [3.63, 3.8) is 0 Å². The Labute approximate surface area is 152 Å². The molecule has 1 amide bonds. The molecule has 0 bridgehead atoms. The summed E-state index contributed by atoms with van der Waals surface area (Å²) < 4.78 is 1.71. The van der Waals surface area contributed by atoms with E-state index in [1.54, 1.807) is 29.3 Å². The molecule has 3 rings (SSSR count). The van der Waals surface area contributed by atoms with E-state index in [-0.39, 0.29) is 5.91 Å². The average Bonchev–Trinajstić information content (AvgIpc) is 3.16. The lowest BCUT2D eigenvalue weighted by atomic mass is 10.0. The highest BCUT2D eigenvalue weighted by Gasteiger charge is 2.12. The molecule has 0 aliphatic carbocycles. The van der Waals surface area contributed by atoms with Gasteiger partial charge in [-0.25, -0.2) is 9.97 Å². The Kier molecular flexibility index (Phi) is 5.58. The molecule has 26 heavy (non-hydrogen) atoms. The minimum absolute atomic E-state index is 0.196. The highest BCUT2D eigenvalue weighted by Crippen LogP contribution is 2.19. The van der Waals surface area contributed by atoms with Crippen molar-refractivity contribution in [3.8, 4) is 0 Å². The van der Waals surface area contributed by atoms with Crippen LogP contribution in [0.1, 0.15) is 35.7 Å². The topological polar surface area (TPSA) is 84.7 Å². The molecule has 0 aliphatic heterocycles. The number of aromatic nitrogens is 4. The number of carbonyl (C=O) groups is 1. The summed E-state index contributed by atoms with van der Waals surface area (Å²) in [4.78, 5) is 20.8. The Balaban J connectivity index is 1.65. The summed E-state index contributed by atoms with van der Waals surface area (Å²) in [5, 5.41) is 10.1. The summed E-state index contributed by atoms with van der Waals surface area (Å²) in [6, 6.07) is 11.4. The molecular weight excluding hydrogens is 328 g/mol. The zero-order valence-electron chi connectivity index (χ0n) is 14.9. The molecule has 2 heterocycles. The van der Waals surface area contributed by atoms with Gasteiger partial charge in [-0.15, -0.1) is 0 Å². The Bertz CT molecular complexity index is 843. The van der Waals surface area contributed by atoms with Crippen LogP contribution in [0, 0.1) is 0 Å². The fraction of sp³-hybridized carbons (Fsp3) is 0.263. The molecule has 0 fully saturated rings. The van der Waals surface area contributed by atoms with Gasteiger partial charge in [0, 0.05) is 18.4 Å². The summed E-state index contributed by atoms with van der Waals surface area (Å²) in [5.41, 5.74) is 2.50. The van der Waals surface area contributed by atoms with Gasteiger partial charge in [-0.2, -0.15) is 5.10 Å². The number of rotatable bonds is 7. The molecule has 0 saturated carbocycles. The maximum absolute atomic E-state index is 12.6. The van der Waals surface area contributed by atoms with Gasteiger partial charge in [-0.3, -0.25) is 9.48 Å². The van der Waals surface area contributed by atoms with Crippen LogP contribution in [0.2, 0.25) is 0 Å². The standard InChI is InChI=1S/C19H22N6O/c1-14(2)15-5-7-16(8-6-15)24-19(26)17-4-3-9-21-18(17)22-10-11-25-13-20-12-23-25/h3-9,12-14H,10-11H2,1-2H3,(H,21,22)(H,24,26). The Morgan fingerprint density at radius 2 is 2.00 bits per heavy atom. The molecule has 0 saturated heterocycles. The predicted molar refractivity (Wildman–Crippen MR) is 101 cm³/mol. The molecule has 1 aromatic carbocycles. The van der Waals surface area contributed by atoms with E-state index in [0.29, 0.717) is 30.4 Å². The largest absolute Gasteiger partial charge is 0.368 e. The average molecular weight is 350 g/mol. The van der Waals surface area contributed by atoms with Gasteiger partial charge in [0.2, 0.25) is 0 Å². The van der Waals surface area contributed by atoms with Gasteiger partial charge >= 0.3 is 0 Å². The molecular formula is C19H22N6O. The predicted octanol–water partition coefficient (Wildman–Crippen LogP) is 3.16. The summed E-state index contributed by atoms with van der Waals surface area (Å²) >= 11 is 0. The summed E-state index contributed by atoms with van der Waals surface area (Å²) in [5.74, 6) is 0.807. The maximum atomic E-state index is 12.6. The minimum Gasteiger partial charge on any atom is -0.368 e. The zero-order chi connectivity index (χ0) is 18.4. The van der Waals surface area contributed by atoms with Gasteiger partial charge in [0.15, 0.2) is 0 Å². The second-order valence-electron chi connectivity index (χ2n) is 6.22. The van der Waals surface area contributed by atoms with E-state index in [2.05, 4.69) is 39.5 Å². The van der Waals surface area contributed by atoms with Gasteiger partial charge in [0.1, 0.15) is 18.5 Å². The Hall–Kier alpha value is -3.22. The van der Waals surface area contributed by atoms with Crippen LogP contribution in [0.4, 0.5) is 11.5 Å². The first-order valence-electron chi connectivity index (χ1n) is 8.56. The lowest BCUT2D eigenvalue weighted by Gasteiger charge is -2.12. The third-order valence-corrected chi connectivity index (χ3v) is 3.99. The van der Waals surface area contributed by atoms with Crippen molar-refractivity contribution in [2.45, 2.75) is 26.3 Å². The zero-order valence-corrected chi connectivity index (χ0v) is 14.9. The number of anilines is 2. The van der Waals surface area contributed by atoms with Crippen LogP contribution in [-0.4, -0.2) is 32.2 Å². The summed E-state index contributed by atoms with van der Waals surface area (Å²) in [6.07, 6.45) is 4.80. The van der Waals surface area contributed by atoms with E-state index in [4.69, 9.17) is 0 Å². The van der Waals surface area contributed by atoms with Gasteiger partial charge in [0.05, 0.1) is 12.1 Å². The van der Waals surface area contributed by atoms with Crippen LogP contribution in [-0.2, 0) is 6.54 Å². The second kappa shape index (κ2) is 8.24. The first-order chi connectivity index (χ1) is 12.6. The van der Waals surface area contributed by atoms with Crippen LogP contribution in [0.15, 0.2) is 55.2 Å². The summed E-state index contributed by atoms with van der Waals surface area (Å²) in [7, 11) is 0. The molecule has 7 heteroatoms. The smallest absolute Gasteiger partial charge is 0.259 e. The number of pyridine rings is 1. The first kappa shape index (κ1) is 17.6. The van der Waals surface area contributed by atoms with E-state index >= 15 is 0 Å². The third kappa shape index (κ3) is 4.44. The van der Waals surface area contributed by atoms with Gasteiger partial charge in [0.25, 0.3) is 5.91 Å². The van der Waals surface area contributed by atoms with E-state index in [9.17, 15) is 4.79 Å². The van der Waals surface area contributed by atoms with Crippen molar-refractivity contribution in [2.24, 2.45) is 0 Å². The Morgan fingerprint density at radius 1 is 1.19 bits per heavy atom. The van der Waals surface area contributed by atoms with Crippen LogP contribution in [0.5, 0.6) is 0 Å². The van der Waals surface area contributed by atoms with Gasteiger partial charge < -0.3 is 10.6 Å². The van der Waals surface area contributed by atoms with Gasteiger partial charge in [-0.1, -0.05) is 26.0 Å². The van der Waals surface area contributed by atoms with Crippen molar-refractivity contribution in [1.82, 2.24) is 19.7 Å². The van der Waals surface area contributed by atoms with Crippen LogP contribution in [0.25, 0.3) is 0 Å². The van der Waals surface area contributed by atoms with Crippen molar-refractivity contribution >= 4 is 17.4 Å². The van der Waals surface area contributed by atoms with Crippen LogP contribution < -0.4 is 10.6 Å². The number of benzene rings is 1. The molecule has 7 nitrogen and oxygen atoms in total. The molecule has 0 spiro atoms. The highest BCUT2D eigenvalue weighted by molar-refractivity contribution is 6.07. The molecule has 0 radical (unpaired) electrons. The van der Waals surface area contributed by atoms with Crippen molar-refractivity contribution < 1.29 is 4.79 Å². The monoisotopic (exact) mass is 350 g/mol. The van der Waals surface area contributed by atoms with Gasteiger partial charge in [-0.05, 0) is 35.7 Å². The maximum Gasteiger partial charge on any atom is 0.259 e. The first-order valence-corrected chi connectivity index (χ1v) is 8.56. The van der Waals surface area contributed by atoms with Crippen LogP contribution >= 0.6 is 0 Å². The van der Waals surface area contributed by atoms with E-state index in [1.165, 1.54) is 11.9 Å². The molecule has 3 aromatic rings. The van der Waals surface area contributed by atoms with E-state index in [1.807, 2.05) is 24.3 Å². The number of hydrogen-bond donors (Lipinski definition) is 2. The Morgan fingerprint density at radius 3 is 2.69 bits per heavy atom. The van der Waals surface area contributed by atoms with Crippen molar-refractivity contribution in [1.29, 1.82) is 0 Å². The molecule has 2 aromatic heterocycles. The minimum atomic E-state index is -0.196. The molecule has 0 aliphatic rings. The van der Waals surface area contributed by atoms with E-state index < -0.39 is 0 Å². The highest BCUT2D eigenvalue weighted by atomic mass is 16.1. The van der Waals surface area contributed by atoms with Crippen LogP contribution in [0.3, 0.4) is 0 Å². The SMILES string of the molecule is CC(C)c1ccc(NC(=O)c2cccnc2NCCn2cncn2)cc1. The van der Waals surface area contributed by atoms with Crippen molar-refractivity contribution in [3.05, 3.63) is 66.4 Å². The number of amides is 1. The quantitative estimate of drug-likeness (QED) is 0.684. The lowest BCUT2D eigenvalue weighted by Crippen LogP contribution is -2.18. The number of nitrogens with zero attached hydrogens (tertiary/aromatic N) is 4. The van der Waals surface area contributed by atoms with Crippen molar-refractivity contribution in [2.75, 3.05) is 17.2 Å². The second-order valence-corrected chi connectivity index (χ2v) is 6.22. The molecule has 0 unspecified atom stereocenters. The summed E-state index contributed by atoms with van der Waals surface area (Å²) in [6.45, 7) is 5.50. The number of nitrogens with one attached hydrogen (secondary N) is 2. The number of hydrogen-bond acceptors (Lipinski definition) is 5. The third-order valence-electron chi connectivity index (χ3n) is 3.99. The number of carbonyl (C=O) groups excluding carboxylic acids is 1. The fourth-order valence-corrected chi connectivity index (χ4v) is 2.52. The molecule has 2 N–H and O–H groups in total. The lowest BCUT2D eigenvalue weighted by molar-refractivity contribution is 0.102. The van der Waals surface area contributed by atoms with E-state index in [0.717, 1.165) is 5.69 Å².